The smallest absolute Gasteiger partial charge is 0.0951 e. The zero-order valence-electron chi connectivity index (χ0n) is 19.5. The number of piperidine rings is 1. The standard InChI is InChI=1S/C26H40N2O2/c1-18-11-25(24(20(3)19(18)2)12-21-7-10-29-14-21)22-5-8-28(9-6-22)23-13-26(30-15-23)16-27(4)17-26/h11,21-23H,5-10,12-17H2,1-4H3/t21?,23-/m0/s1. The molecule has 4 fully saturated rings. The fourth-order valence-corrected chi connectivity index (χ4v) is 6.62. The molecule has 30 heavy (non-hydrogen) atoms. The third kappa shape index (κ3) is 3.85. The Morgan fingerprint density at radius 2 is 1.80 bits per heavy atom. The normalized spacial score (nSPS) is 30.3. The van der Waals surface area contributed by atoms with Crippen LogP contribution in [0.15, 0.2) is 6.07 Å². The van der Waals surface area contributed by atoms with Gasteiger partial charge in [0.2, 0.25) is 0 Å². The summed E-state index contributed by atoms with van der Waals surface area (Å²) >= 11 is 0. The van der Waals surface area contributed by atoms with Crippen LogP contribution in [0.25, 0.3) is 0 Å². The van der Waals surface area contributed by atoms with Crippen molar-refractivity contribution >= 4 is 0 Å². The first-order valence-electron chi connectivity index (χ1n) is 12.2. The van der Waals surface area contributed by atoms with Gasteiger partial charge in [-0.1, -0.05) is 6.07 Å². The van der Waals surface area contributed by atoms with Crippen LogP contribution in [0.3, 0.4) is 0 Å². The van der Waals surface area contributed by atoms with Gasteiger partial charge in [-0.05, 0) is 113 Å². The number of likely N-dealkylation sites (tertiary alicyclic amines) is 2. The maximum Gasteiger partial charge on any atom is 0.0951 e. The van der Waals surface area contributed by atoms with Crippen LogP contribution in [-0.4, -0.2) is 74.5 Å². The topological polar surface area (TPSA) is 24.9 Å². The van der Waals surface area contributed by atoms with Gasteiger partial charge in [0.05, 0.1) is 12.2 Å². The van der Waals surface area contributed by atoms with Gasteiger partial charge in [0.15, 0.2) is 0 Å². The highest BCUT2D eigenvalue weighted by atomic mass is 16.5. The van der Waals surface area contributed by atoms with E-state index in [0.29, 0.717) is 17.9 Å². The van der Waals surface area contributed by atoms with E-state index in [1.165, 1.54) is 56.3 Å². The van der Waals surface area contributed by atoms with Crippen LogP contribution in [0.4, 0.5) is 0 Å². The van der Waals surface area contributed by atoms with Gasteiger partial charge >= 0.3 is 0 Å². The highest BCUT2D eigenvalue weighted by Crippen LogP contribution is 2.40. The van der Waals surface area contributed by atoms with Crippen molar-refractivity contribution in [1.82, 2.24) is 9.80 Å². The fraction of sp³-hybridized carbons (Fsp3) is 0.769. The molecule has 0 N–H and O–H groups in total. The van der Waals surface area contributed by atoms with E-state index in [2.05, 4.69) is 43.7 Å². The van der Waals surface area contributed by atoms with Gasteiger partial charge in [-0.25, -0.2) is 0 Å². The lowest BCUT2D eigenvalue weighted by molar-refractivity contribution is -0.100. The van der Waals surface area contributed by atoms with E-state index < -0.39 is 0 Å². The zero-order chi connectivity index (χ0) is 20.9. The summed E-state index contributed by atoms with van der Waals surface area (Å²) < 4.78 is 12.0. The third-order valence-electron chi connectivity index (χ3n) is 8.64. The van der Waals surface area contributed by atoms with E-state index in [-0.39, 0.29) is 5.60 Å². The zero-order valence-corrected chi connectivity index (χ0v) is 19.5. The minimum absolute atomic E-state index is 0.179. The quantitative estimate of drug-likeness (QED) is 0.750. The number of hydrogen-bond donors (Lipinski definition) is 0. The third-order valence-corrected chi connectivity index (χ3v) is 8.64. The lowest BCUT2D eigenvalue weighted by atomic mass is 9.79. The van der Waals surface area contributed by atoms with Gasteiger partial charge in [0.1, 0.15) is 0 Å². The van der Waals surface area contributed by atoms with Gasteiger partial charge in [-0.3, -0.25) is 4.90 Å². The second kappa shape index (κ2) is 8.20. The molecule has 5 rings (SSSR count). The maximum absolute atomic E-state index is 6.27. The van der Waals surface area contributed by atoms with Gasteiger partial charge in [0.25, 0.3) is 0 Å². The molecule has 1 unspecified atom stereocenters. The largest absolute Gasteiger partial charge is 0.381 e. The molecule has 0 saturated carbocycles. The molecule has 1 aromatic carbocycles. The van der Waals surface area contributed by atoms with Crippen LogP contribution >= 0.6 is 0 Å². The first-order chi connectivity index (χ1) is 14.4. The Hall–Kier alpha value is -0.940. The highest BCUT2D eigenvalue weighted by molar-refractivity contribution is 5.46. The number of nitrogens with zero attached hydrogens (tertiary/aromatic N) is 2. The average Bonchev–Trinajstić information content (AvgIpc) is 3.39. The van der Waals surface area contributed by atoms with Crippen LogP contribution in [0.1, 0.15) is 59.4 Å². The van der Waals surface area contributed by atoms with E-state index >= 15 is 0 Å². The summed E-state index contributed by atoms with van der Waals surface area (Å²) in [7, 11) is 2.20. The maximum atomic E-state index is 6.27. The van der Waals surface area contributed by atoms with E-state index in [0.717, 1.165) is 32.9 Å². The Kier molecular flexibility index (Phi) is 5.72. The molecule has 4 nitrogen and oxygen atoms in total. The predicted molar refractivity (Wildman–Crippen MR) is 121 cm³/mol. The highest BCUT2D eigenvalue weighted by Gasteiger charge is 2.49. The van der Waals surface area contributed by atoms with Crippen molar-refractivity contribution in [3.8, 4) is 0 Å². The van der Waals surface area contributed by atoms with Crippen molar-refractivity contribution in [3.63, 3.8) is 0 Å². The number of likely N-dealkylation sites (N-methyl/N-ethyl adjacent to an activating group) is 1. The molecule has 4 saturated heterocycles. The van der Waals surface area contributed by atoms with E-state index in [4.69, 9.17) is 9.47 Å². The Morgan fingerprint density at radius 3 is 2.47 bits per heavy atom. The molecule has 4 aliphatic heterocycles. The molecule has 1 aromatic rings. The van der Waals surface area contributed by atoms with Crippen molar-refractivity contribution in [3.05, 3.63) is 33.9 Å². The Labute approximate surface area is 182 Å². The van der Waals surface area contributed by atoms with Crippen LogP contribution < -0.4 is 0 Å². The molecule has 0 radical (unpaired) electrons. The van der Waals surface area contributed by atoms with Crippen molar-refractivity contribution in [2.75, 3.05) is 53.0 Å². The summed E-state index contributed by atoms with van der Waals surface area (Å²) in [6.07, 6.45) is 6.24. The molecule has 4 aliphatic rings. The molecular formula is C26H40N2O2. The summed E-state index contributed by atoms with van der Waals surface area (Å²) in [5, 5.41) is 0. The van der Waals surface area contributed by atoms with E-state index in [9.17, 15) is 0 Å². The number of aryl methyl sites for hydroxylation is 1. The molecule has 0 amide bonds. The molecule has 1 spiro atoms. The molecule has 4 heterocycles. The molecule has 166 valence electrons. The summed E-state index contributed by atoms with van der Waals surface area (Å²) in [6.45, 7) is 14.5. The molecule has 0 aromatic heterocycles. The number of benzene rings is 1. The van der Waals surface area contributed by atoms with Crippen LogP contribution in [0.5, 0.6) is 0 Å². The number of hydrogen-bond acceptors (Lipinski definition) is 4. The molecular weight excluding hydrogens is 372 g/mol. The van der Waals surface area contributed by atoms with Crippen LogP contribution in [-0.2, 0) is 15.9 Å². The lowest BCUT2D eigenvalue weighted by Gasteiger charge is -2.45. The van der Waals surface area contributed by atoms with E-state index in [1.807, 2.05) is 0 Å². The minimum Gasteiger partial charge on any atom is -0.381 e. The minimum atomic E-state index is 0.179. The Bertz CT molecular complexity index is 772. The number of rotatable bonds is 4. The molecule has 0 aliphatic carbocycles. The van der Waals surface area contributed by atoms with Gasteiger partial charge in [-0.15, -0.1) is 0 Å². The molecule has 0 bridgehead atoms. The second-order valence-corrected chi connectivity index (χ2v) is 10.8. The SMILES string of the molecule is Cc1cc(C2CCN([C@@H]3COC4(C3)CN(C)C4)CC2)c(CC2CCOC2)c(C)c1C. The van der Waals surface area contributed by atoms with Crippen molar-refractivity contribution in [2.45, 2.75) is 70.4 Å². The van der Waals surface area contributed by atoms with Gasteiger partial charge < -0.3 is 14.4 Å². The lowest BCUT2D eigenvalue weighted by Crippen LogP contribution is -2.60. The number of ether oxygens (including phenoxy) is 2. The Morgan fingerprint density at radius 1 is 1.03 bits per heavy atom. The predicted octanol–water partition coefficient (Wildman–Crippen LogP) is 3.84. The van der Waals surface area contributed by atoms with Crippen molar-refractivity contribution < 1.29 is 9.47 Å². The summed E-state index contributed by atoms with van der Waals surface area (Å²) in [6, 6.07) is 3.17. The van der Waals surface area contributed by atoms with Crippen LogP contribution in [0, 0.1) is 26.7 Å². The van der Waals surface area contributed by atoms with Crippen molar-refractivity contribution in [2.24, 2.45) is 5.92 Å². The summed E-state index contributed by atoms with van der Waals surface area (Å²) in [4.78, 5) is 5.12. The Balaban J connectivity index is 1.27. The summed E-state index contributed by atoms with van der Waals surface area (Å²) in [5.41, 5.74) is 7.98. The van der Waals surface area contributed by atoms with Gasteiger partial charge in [-0.2, -0.15) is 0 Å². The fourth-order valence-electron chi connectivity index (χ4n) is 6.62. The monoisotopic (exact) mass is 412 g/mol. The second-order valence-electron chi connectivity index (χ2n) is 10.8. The first kappa shape index (κ1) is 20.9. The van der Waals surface area contributed by atoms with Crippen LogP contribution in [0.2, 0.25) is 0 Å². The van der Waals surface area contributed by atoms with E-state index in [1.54, 1.807) is 16.7 Å². The van der Waals surface area contributed by atoms with Gasteiger partial charge in [0, 0.05) is 32.3 Å². The summed E-state index contributed by atoms with van der Waals surface area (Å²) in [5.74, 6) is 1.42. The average molecular weight is 413 g/mol. The molecule has 4 heteroatoms. The molecule has 2 atom stereocenters. The first-order valence-corrected chi connectivity index (χ1v) is 12.2. The van der Waals surface area contributed by atoms with Crippen molar-refractivity contribution in [1.29, 1.82) is 0 Å².